The Morgan fingerprint density at radius 3 is 2.52 bits per heavy atom. The number of benzene rings is 1. The molecule has 0 aliphatic rings. The number of pyridine rings is 1. The largest absolute Gasteiger partial charge is 0.478 e. The normalized spacial score (nSPS) is 11.3. The number of rotatable bonds is 5. The molecule has 0 unspecified atom stereocenters. The fourth-order valence-electron chi connectivity index (χ4n) is 1.60. The van der Waals surface area contributed by atoms with Crippen LogP contribution in [0.2, 0.25) is 0 Å². The van der Waals surface area contributed by atoms with E-state index >= 15 is 0 Å². The van der Waals surface area contributed by atoms with Crippen molar-refractivity contribution in [2.75, 3.05) is 0 Å². The third-order valence-electron chi connectivity index (χ3n) is 2.69. The van der Waals surface area contributed by atoms with E-state index in [1.165, 1.54) is 12.1 Å². The smallest absolute Gasteiger partial charge is 0.336 e. The molecule has 0 spiro atoms. The summed E-state index contributed by atoms with van der Waals surface area (Å²) in [4.78, 5) is 14.8. The van der Waals surface area contributed by atoms with Gasteiger partial charge in [-0.2, -0.15) is 0 Å². The van der Waals surface area contributed by atoms with Crippen molar-refractivity contribution in [3.8, 4) is 0 Å². The van der Waals surface area contributed by atoms with E-state index in [9.17, 15) is 13.2 Å². The SMILES string of the molecule is O=C(O)c1cc(S(=O)(=O)NCc2ccncc2)ccc1Br. The zero-order valence-corrected chi connectivity index (χ0v) is 13.1. The van der Waals surface area contributed by atoms with Crippen LogP contribution in [0.5, 0.6) is 0 Å². The van der Waals surface area contributed by atoms with E-state index in [1.54, 1.807) is 24.5 Å². The molecule has 21 heavy (non-hydrogen) atoms. The Morgan fingerprint density at radius 1 is 1.24 bits per heavy atom. The predicted octanol–water partition coefficient (Wildman–Crippen LogP) is 2.02. The van der Waals surface area contributed by atoms with Crippen molar-refractivity contribution >= 4 is 31.9 Å². The lowest BCUT2D eigenvalue weighted by atomic mass is 10.2. The van der Waals surface area contributed by atoms with Gasteiger partial charge in [0.15, 0.2) is 0 Å². The maximum atomic E-state index is 12.2. The molecule has 0 bridgehead atoms. The van der Waals surface area contributed by atoms with Gasteiger partial charge in [0.1, 0.15) is 0 Å². The van der Waals surface area contributed by atoms with Gasteiger partial charge in [-0.3, -0.25) is 4.98 Å². The minimum Gasteiger partial charge on any atom is -0.478 e. The highest BCUT2D eigenvalue weighted by atomic mass is 79.9. The number of nitrogens with one attached hydrogen (secondary N) is 1. The Kier molecular flexibility index (Phi) is 4.71. The maximum absolute atomic E-state index is 12.2. The average Bonchev–Trinajstić information content (AvgIpc) is 2.46. The second-order valence-corrected chi connectivity index (χ2v) is 6.75. The summed E-state index contributed by atoms with van der Waals surface area (Å²) in [5.74, 6) is -1.20. The Hall–Kier alpha value is -1.77. The summed E-state index contributed by atoms with van der Waals surface area (Å²) in [5, 5.41) is 9.01. The molecule has 2 rings (SSSR count). The second kappa shape index (κ2) is 6.33. The van der Waals surface area contributed by atoms with Gasteiger partial charge in [-0.25, -0.2) is 17.9 Å². The average molecular weight is 371 g/mol. The Labute approximate surface area is 130 Å². The number of aromatic nitrogens is 1. The van der Waals surface area contributed by atoms with Gasteiger partial charge in [0, 0.05) is 23.4 Å². The lowest BCUT2D eigenvalue weighted by Crippen LogP contribution is -2.23. The summed E-state index contributed by atoms with van der Waals surface area (Å²) in [7, 11) is -3.79. The molecule has 0 radical (unpaired) electrons. The molecule has 0 atom stereocenters. The summed E-state index contributed by atoms with van der Waals surface area (Å²) in [6.07, 6.45) is 3.12. The van der Waals surface area contributed by atoms with Crippen LogP contribution in [0.4, 0.5) is 0 Å². The zero-order valence-electron chi connectivity index (χ0n) is 10.7. The van der Waals surface area contributed by atoms with Gasteiger partial charge in [-0.05, 0) is 51.8 Å². The molecule has 2 N–H and O–H groups in total. The number of carboxylic acid groups (broad SMARTS) is 1. The quantitative estimate of drug-likeness (QED) is 0.838. The molecule has 0 amide bonds. The molecular weight excluding hydrogens is 360 g/mol. The Morgan fingerprint density at radius 2 is 1.90 bits per heavy atom. The molecule has 0 aliphatic heterocycles. The van der Waals surface area contributed by atoms with E-state index in [1.807, 2.05) is 0 Å². The van der Waals surface area contributed by atoms with E-state index < -0.39 is 16.0 Å². The van der Waals surface area contributed by atoms with Crippen molar-refractivity contribution in [3.63, 3.8) is 0 Å². The van der Waals surface area contributed by atoms with Crippen molar-refractivity contribution < 1.29 is 18.3 Å². The number of carbonyl (C=O) groups is 1. The molecule has 0 fully saturated rings. The highest BCUT2D eigenvalue weighted by Crippen LogP contribution is 2.21. The lowest BCUT2D eigenvalue weighted by molar-refractivity contribution is 0.0695. The molecule has 2 aromatic rings. The number of nitrogens with zero attached hydrogens (tertiary/aromatic N) is 1. The van der Waals surface area contributed by atoms with Crippen molar-refractivity contribution in [3.05, 3.63) is 58.3 Å². The molecule has 1 heterocycles. The maximum Gasteiger partial charge on any atom is 0.336 e. The molecule has 0 saturated heterocycles. The first-order chi connectivity index (χ1) is 9.90. The van der Waals surface area contributed by atoms with Crippen molar-refractivity contribution in [2.45, 2.75) is 11.4 Å². The first kappa shape index (κ1) is 15.6. The molecular formula is C13H11BrN2O4S. The van der Waals surface area contributed by atoms with Crippen LogP contribution in [0.15, 0.2) is 52.1 Å². The van der Waals surface area contributed by atoms with E-state index in [0.717, 1.165) is 11.6 Å². The molecule has 0 aliphatic carbocycles. The number of hydrogen-bond acceptors (Lipinski definition) is 4. The van der Waals surface area contributed by atoms with Gasteiger partial charge in [-0.15, -0.1) is 0 Å². The predicted molar refractivity (Wildman–Crippen MR) is 79.4 cm³/mol. The minimum atomic E-state index is -3.79. The van der Waals surface area contributed by atoms with Crippen molar-refractivity contribution in [2.24, 2.45) is 0 Å². The van der Waals surface area contributed by atoms with Crippen LogP contribution in [0, 0.1) is 0 Å². The molecule has 110 valence electrons. The fourth-order valence-corrected chi connectivity index (χ4v) is 3.06. The lowest BCUT2D eigenvalue weighted by Gasteiger charge is -2.08. The van der Waals surface area contributed by atoms with Crippen LogP contribution in [-0.4, -0.2) is 24.5 Å². The van der Waals surface area contributed by atoms with Gasteiger partial charge >= 0.3 is 5.97 Å². The minimum absolute atomic E-state index is 0.0999. The van der Waals surface area contributed by atoms with Gasteiger partial charge in [0.2, 0.25) is 10.0 Å². The van der Waals surface area contributed by atoms with Crippen LogP contribution in [0.25, 0.3) is 0 Å². The van der Waals surface area contributed by atoms with Crippen LogP contribution in [0.3, 0.4) is 0 Å². The Balaban J connectivity index is 2.24. The number of halogens is 1. The van der Waals surface area contributed by atoms with Gasteiger partial charge in [0.05, 0.1) is 10.5 Å². The monoisotopic (exact) mass is 370 g/mol. The topological polar surface area (TPSA) is 96.4 Å². The fraction of sp³-hybridized carbons (Fsp3) is 0.0769. The van der Waals surface area contributed by atoms with Gasteiger partial charge in [0.25, 0.3) is 0 Å². The van der Waals surface area contributed by atoms with Crippen LogP contribution in [-0.2, 0) is 16.6 Å². The highest BCUT2D eigenvalue weighted by molar-refractivity contribution is 9.10. The second-order valence-electron chi connectivity index (χ2n) is 4.13. The Bertz CT molecular complexity index is 763. The van der Waals surface area contributed by atoms with E-state index in [0.29, 0.717) is 4.47 Å². The number of carboxylic acids is 1. The molecule has 1 aromatic heterocycles. The first-order valence-electron chi connectivity index (χ1n) is 5.81. The summed E-state index contributed by atoms with van der Waals surface area (Å²) < 4.78 is 27.0. The standard InChI is InChI=1S/C13H11BrN2O4S/c14-12-2-1-10(7-11(12)13(17)18)21(19,20)16-8-9-3-5-15-6-4-9/h1-7,16H,8H2,(H,17,18). The van der Waals surface area contributed by atoms with E-state index in [2.05, 4.69) is 25.6 Å². The van der Waals surface area contributed by atoms with Crippen LogP contribution in [0.1, 0.15) is 15.9 Å². The van der Waals surface area contributed by atoms with Crippen LogP contribution < -0.4 is 4.72 Å². The third-order valence-corrected chi connectivity index (χ3v) is 4.78. The third kappa shape index (κ3) is 3.87. The number of sulfonamides is 1. The van der Waals surface area contributed by atoms with Crippen molar-refractivity contribution in [1.29, 1.82) is 0 Å². The molecule has 8 heteroatoms. The number of aromatic carboxylic acids is 1. The molecule has 0 saturated carbocycles. The van der Waals surface area contributed by atoms with Crippen LogP contribution >= 0.6 is 15.9 Å². The van der Waals surface area contributed by atoms with E-state index in [-0.39, 0.29) is 17.0 Å². The van der Waals surface area contributed by atoms with Gasteiger partial charge in [-0.1, -0.05) is 0 Å². The number of hydrogen-bond donors (Lipinski definition) is 2. The zero-order chi connectivity index (χ0) is 15.5. The highest BCUT2D eigenvalue weighted by Gasteiger charge is 2.17. The first-order valence-corrected chi connectivity index (χ1v) is 8.09. The summed E-state index contributed by atoms with van der Waals surface area (Å²) in [6.45, 7) is 0.101. The van der Waals surface area contributed by atoms with Crippen molar-refractivity contribution in [1.82, 2.24) is 9.71 Å². The summed E-state index contributed by atoms with van der Waals surface area (Å²) >= 11 is 3.07. The summed E-state index contributed by atoms with van der Waals surface area (Å²) in [6, 6.07) is 7.22. The van der Waals surface area contributed by atoms with E-state index in [4.69, 9.17) is 5.11 Å². The van der Waals surface area contributed by atoms with Gasteiger partial charge < -0.3 is 5.11 Å². The molecule has 6 nitrogen and oxygen atoms in total. The molecule has 1 aromatic carbocycles. The summed E-state index contributed by atoms with van der Waals surface area (Å²) in [5.41, 5.74) is 0.644.